The minimum absolute atomic E-state index is 0.0762. The van der Waals surface area contributed by atoms with E-state index in [-0.39, 0.29) is 5.91 Å². The van der Waals surface area contributed by atoms with E-state index in [0.717, 1.165) is 11.4 Å². The maximum absolute atomic E-state index is 12.1. The van der Waals surface area contributed by atoms with Crippen LogP contribution in [-0.4, -0.2) is 36.4 Å². The summed E-state index contributed by atoms with van der Waals surface area (Å²) in [6.07, 6.45) is 8.96. The van der Waals surface area contributed by atoms with Crippen molar-refractivity contribution in [3.63, 3.8) is 0 Å². The third-order valence-electron chi connectivity index (χ3n) is 3.96. The van der Waals surface area contributed by atoms with Gasteiger partial charge in [-0.3, -0.25) is 4.79 Å². The van der Waals surface area contributed by atoms with Crippen LogP contribution in [0.5, 0.6) is 0 Å². The molecule has 2 rings (SSSR count). The van der Waals surface area contributed by atoms with Crippen molar-refractivity contribution in [1.82, 2.24) is 10.3 Å². The van der Waals surface area contributed by atoms with Crippen LogP contribution in [0.15, 0.2) is 23.4 Å². The van der Waals surface area contributed by atoms with Crippen molar-refractivity contribution in [1.29, 1.82) is 0 Å². The van der Waals surface area contributed by atoms with Gasteiger partial charge in [0.25, 0.3) is 5.91 Å². The van der Waals surface area contributed by atoms with Gasteiger partial charge in [0.2, 0.25) is 0 Å². The van der Waals surface area contributed by atoms with Gasteiger partial charge in [0.05, 0.1) is 18.3 Å². The lowest BCUT2D eigenvalue weighted by Crippen LogP contribution is -2.32. The zero-order valence-electron chi connectivity index (χ0n) is 12.8. The Hall–Kier alpha value is -1.07. The zero-order chi connectivity index (χ0) is 15.1. The van der Waals surface area contributed by atoms with Gasteiger partial charge in [-0.25, -0.2) is 4.98 Å². The quantitative estimate of drug-likeness (QED) is 0.648. The molecule has 4 nitrogen and oxygen atoms in total. The van der Waals surface area contributed by atoms with Gasteiger partial charge < -0.3 is 10.1 Å². The predicted octanol–water partition coefficient (Wildman–Crippen LogP) is 3.13. The van der Waals surface area contributed by atoms with Crippen LogP contribution in [0, 0.1) is 5.92 Å². The summed E-state index contributed by atoms with van der Waals surface area (Å²) in [5.41, 5.74) is 0.635. The van der Waals surface area contributed by atoms with Crippen LogP contribution in [0.1, 0.15) is 43.0 Å². The average molecular weight is 308 g/mol. The first-order valence-corrected chi connectivity index (χ1v) is 8.83. The van der Waals surface area contributed by atoms with E-state index in [9.17, 15) is 4.79 Å². The summed E-state index contributed by atoms with van der Waals surface area (Å²) in [4.78, 5) is 16.3. The number of hydrogen-bond acceptors (Lipinski definition) is 4. The SMILES string of the molecule is CSc1ncccc1C(=O)NCCO[C@@H]1CCCC[C@@H]1C. The molecule has 1 amide bonds. The summed E-state index contributed by atoms with van der Waals surface area (Å²) < 4.78 is 5.90. The molecule has 2 atom stereocenters. The molecule has 1 N–H and O–H groups in total. The molecule has 0 unspecified atom stereocenters. The van der Waals surface area contributed by atoms with Gasteiger partial charge in [-0.1, -0.05) is 19.8 Å². The fourth-order valence-electron chi connectivity index (χ4n) is 2.73. The highest BCUT2D eigenvalue weighted by Crippen LogP contribution is 2.26. The number of ether oxygens (including phenoxy) is 1. The molecule has 1 fully saturated rings. The monoisotopic (exact) mass is 308 g/mol. The Morgan fingerprint density at radius 3 is 3.05 bits per heavy atom. The van der Waals surface area contributed by atoms with Gasteiger partial charge in [0, 0.05) is 12.7 Å². The smallest absolute Gasteiger partial charge is 0.254 e. The Morgan fingerprint density at radius 1 is 1.48 bits per heavy atom. The summed E-state index contributed by atoms with van der Waals surface area (Å²) in [5.74, 6) is 0.559. The number of aromatic nitrogens is 1. The number of carbonyl (C=O) groups excluding carboxylic acids is 1. The number of nitrogens with zero attached hydrogens (tertiary/aromatic N) is 1. The van der Waals surface area contributed by atoms with Crippen molar-refractivity contribution in [3.8, 4) is 0 Å². The van der Waals surface area contributed by atoms with Crippen LogP contribution in [0.25, 0.3) is 0 Å². The normalized spacial score (nSPS) is 22.0. The van der Waals surface area contributed by atoms with E-state index in [1.165, 1.54) is 31.0 Å². The number of rotatable bonds is 6. The maximum Gasteiger partial charge on any atom is 0.254 e. The second-order valence-corrected chi connectivity index (χ2v) is 6.28. The van der Waals surface area contributed by atoms with Crippen LogP contribution in [-0.2, 0) is 4.74 Å². The average Bonchev–Trinajstić information content (AvgIpc) is 2.52. The van der Waals surface area contributed by atoms with Crippen LogP contribution in [0.4, 0.5) is 0 Å². The van der Waals surface area contributed by atoms with Gasteiger partial charge in [-0.2, -0.15) is 0 Å². The fraction of sp³-hybridized carbons (Fsp3) is 0.625. The van der Waals surface area contributed by atoms with Crippen LogP contribution in [0.3, 0.4) is 0 Å². The second kappa shape index (κ2) is 8.39. The number of hydrogen-bond donors (Lipinski definition) is 1. The first kappa shape index (κ1) is 16.3. The highest BCUT2D eigenvalue weighted by molar-refractivity contribution is 7.98. The van der Waals surface area contributed by atoms with Gasteiger partial charge in [0.15, 0.2) is 0 Å². The van der Waals surface area contributed by atoms with Crippen molar-refractivity contribution in [2.45, 2.75) is 43.7 Å². The lowest BCUT2D eigenvalue weighted by molar-refractivity contribution is -0.00294. The van der Waals surface area contributed by atoms with E-state index in [1.54, 1.807) is 18.3 Å². The molecular weight excluding hydrogens is 284 g/mol. The third kappa shape index (κ3) is 4.71. The number of amides is 1. The summed E-state index contributed by atoms with van der Waals surface area (Å²) in [6.45, 7) is 3.38. The van der Waals surface area contributed by atoms with E-state index in [1.807, 2.05) is 6.26 Å². The molecule has 116 valence electrons. The van der Waals surface area contributed by atoms with Gasteiger partial charge >= 0.3 is 0 Å². The van der Waals surface area contributed by atoms with Gasteiger partial charge in [-0.05, 0) is 37.1 Å². The van der Waals surface area contributed by atoms with Gasteiger partial charge in [-0.15, -0.1) is 11.8 Å². The molecule has 1 heterocycles. The molecule has 0 saturated heterocycles. The number of pyridine rings is 1. The van der Waals surface area contributed by atoms with E-state index < -0.39 is 0 Å². The molecule has 5 heteroatoms. The first-order valence-electron chi connectivity index (χ1n) is 7.61. The molecule has 1 aromatic rings. The molecule has 0 aromatic carbocycles. The van der Waals surface area contributed by atoms with Crippen molar-refractivity contribution >= 4 is 17.7 Å². The molecule has 1 aliphatic carbocycles. The van der Waals surface area contributed by atoms with Crippen LogP contribution < -0.4 is 5.32 Å². The highest BCUT2D eigenvalue weighted by Gasteiger charge is 2.21. The standard InChI is InChI=1S/C16H24N2O2S/c1-12-6-3-4-8-14(12)20-11-10-17-15(19)13-7-5-9-18-16(13)21-2/h5,7,9,12,14H,3-4,6,8,10-11H2,1-2H3,(H,17,19)/t12-,14+/m0/s1. The Morgan fingerprint density at radius 2 is 2.29 bits per heavy atom. The minimum Gasteiger partial charge on any atom is -0.376 e. The molecule has 0 aliphatic heterocycles. The fourth-order valence-corrected chi connectivity index (χ4v) is 3.27. The number of nitrogens with one attached hydrogen (secondary N) is 1. The Labute approximate surface area is 131 Å². The summed E-state index contributed by atoms with van der Waals surface area (Å²) in [5, 5.41) is 3.67. The lowest BCUT2D eigenvalue weighted by Gasteiger charge is -2.28. The lowest BCUT2D eigenvalue weighted by atomic mass is 9.88. The molecule has 0 spiro atoms. The second-order valence-electron chi connectivity index (χ2n) is 5.49. The summed E-state index contributed by atoms with van der Waals surface area (Å²) >= 11 is 1.48. The van der Waals surface area contributed by atoms with Crippen molar-refractivity contribution < 1.29 is 9.53 Å². The molecular formula is C16H24N2O2S. The van der Waals surface area contributed by atoms with Crippen molar-refractivity contribution in [3.05, 3.63) is 23.9 Å². The molecule has 1 saturated carbocycles. The van der Waals surface area contributed by atoms with E-state index in [2.05, 4.69) is 17.2 Å². The van der Waals surface area contributed by atoms with Crippen LogP contribution >= 0.6 is 11.8 Å². The molecule has 1 aliphatic rings. The Bertz CT molecular complexity index is 467. The van der Waals surface area contributed by atoms with Gasteiger partial charge in [0.1, 0.15) is 5.03 Å². The molecule has 0 bridgehead atoms. The van der Waals surface area contributed by atoms with Crippen molar-refractivity contribution in [2.24, 2.45) is 5.92 Å². The molecule has 0 radical (unpaired) electrons. The Balaban J connectivity index is 1.74. The van der Waals surface area contributed by atoms with Crippen LogP contribution in [0.2, 0.25) is 0 Å². The maximum atomic E-state index is 12.1. The zero-order valence-corrected chi connectivity index (χ0v) is 13.6. The predicted molar refractivity (Wildman–Crippen MR) is 85.7 cm³/mol. The largest absolute Gasteiger partial charge is 0.376 e. The molecule has 21 heavy (non-hydrogen) atoms. The summed E-state index contributed by atoms with van der Waals surface area (Å²) in [6, 6.07) is 3.59. The summed E-state index contributed by atoms with van der Waals surface area (Å²) in [7, 11) is 0. The topological polar surface area (TPSA) is 51.2 Å². The molecule has 1 aromatic heterocycles. The van der Waals surface area contributed by atoms with E-state index >= 15 is 0 Å². The Kier molecular flexibility index (Phi) is 6.51. The number of carbonyl (C=O) groups is 1. The number of thioether (sulfide) groups is 1. The first-order chi connectivity index (χ1) is 10.2. The minimum atomic E-state index is -0.0762. The highest BCUT2D eigenvalue weighted by atomic mass is 32.2. The van der Waals surface area contributed by atoms with E-state index in [0.29, 0.717) is 30.7 Å². The van der Waals surface area contributed by atoms with Crippen molar-refractivity contribution in [2.75, 3.05) is 19.4 Å². The third-order valence-corrected chi connectivity index (χ3v) is 4.67. The van der Waals surface area contributed by atoms with E-state index in [4.69, 9.17) is 4.74 Å².